The van der Waals surface area contributed by atoms with E-state index in [2.05, 4.69) is 28.2 Å². The maximum absolute atomic E-state index is 9.78. The zero-order valence-electron chi connectivity index (χ0n) is 12.4. The van der Waals surface area contributed by atoms with E-state index in [1.165, 1.54) is 0 Å². The van der Waals surface area contributed by atoms with Crippen LogP contribution in [-0.2, 0) is 11.3 Å². The highest BCUT2D eigenvalue weighted by Gasteiger charge is 2.11. The van der Waals surface area contributed by atoms with Crippen molar-refractivity contribution in [1.29, 1.82) is 0 Å². The molecule has 1 rings (SSSR count). The van der Waals surface area contributed by atoms with Gasteiger partial charge in [0.05, 0.1) is 6.61 Å². The van der Waals surface area contributed by atoms with Gasteiger partial charge in [0.2, 0.25) is 0 Å². The number of hydrogen-bond donors (Lipinski definition) is 2. The topological polar surface area (TPSA) is 50.7 Å². The molecule has 0 aliphatic carbocycles. The van der Waals surface area contributed by atoms with E-state index < -0.39 is 6.10 Å². The van der Waals surface area contributed by atoms with E-state index in [9.17, 15) is 5.11 Å². The van der Waals surface area contributed by atoms with Crippen LogP contribution in [0.3, 0.4) is 0 Å². The normalized spacial score (nSPS) is 12.4. The predicted molar refractivity (Wildman–Crippen MR) is 84.3 cm³/mol. The lowest BCUT2D eigenvalue weighted by molar-refractivity contribution is 0.0161. The second kappa shape index (κ2) is 9.34. The fourth-order valence-electron chi connectivity index (χ4n) is 1.88. The van der Waals surface area contributed by atoms with Gasteiger partial charge >= 0.3 is 0 Å². The first kappa shape index (κ1) is 17.4. The van der Waals surface area contributed by atoms with Crippen LogP contribution in [0.2, 0.25) is 0 Å². The second-order valence-corrected chi connectivity index (χ2v) is 5.53. The Hall–Kier alpha value is -0.620. The van der Waals surface area contributed by atoms with Crippen LogP contribution in [0.15, 0.2) is 16.6 Å². The largest absolute Gasteiger partial charge is 0.490 e. The summed E-state index contributed by atoms with van der Waals surface area (Å²) in [6, 6.07) is 4.06. The standard InChI is InChI=1S/C15H24BrNO3/c1-4-17-8-12-7-13(16)6-11(3)15(12)20-10-14(18)9-19-5-2/h6-7,14,17-18H,4-5,8-10H2,1-3H3. The molecule has 5 heteroatoms. The highest BCUT2D eigenvalue weighted by molar-refractivity contribution is 9.10. The summed E-state index contributed by atoms with van der Waals surface area (Å²) in [6.45, 7) is 8.75. The van der Waals surface area contributed by atoms with Gasteiger partial charge in [0.15, 0.2) is 0 Å². The van der Waals surface area contributed by atoms with E-state index in [4.69, 9.17) is 9.47 Å². The molecular weight excluding hydrogens is 322 g/mol. The molecule has 2 N–H and O–H groups in total. The number of aryl methyl sites for hydroxylation is 1. The average Bonchev–Trinajstić information content (AvgIpc) is 2.41. The molecule has 114 valence electrons. The Morgan fingerprint density at radius 1 is 1.30 bits per heavy atom. The van der Waals surface area contributed by atoms with Gasteiger partial charge in [0, 0.05) is 23.2 Å². The van der Waals surface area contributed by atoms with Crippen LogP contribution in [-0.4, -0.2) is 37.6 Å². The van der Waals surface area contributed by atoms with Gasteiger partial charge < -0.3 is 19.9 Å². The molecule has 0 radical (unpaired) electrons. The number of ether oxygens (including phenoxy) is 2. The maximum atomic E-state index is 9.78. The summed E-state index contributed by atoms with van der Waals surface area (Å²) in [5, 5.41) is 13.1. The van der Waals surface area contributed by atoms with Gasteiger partial charge in [-0.2, -0.15) is 0 Å². The number of nitrogens with one attached hydrogen (secondary N) is 1. The minimum absolute atomic E-state index is 0.238. The molecule has 0 spiro atoms. The molecule has 0 fully saturated rings. The summed E-state index contributed by atoms with van der Waals surface area (Å²) in [4.78, 5) is 0. The van der Waals surface area contributed by atoms with Crippen molar-refractivity contribution in [3.63, 3.8) is 0 Å². The lowest BCUT2D eigenvalue weighted by atomic mass is 10.1. The number of benzene rings is 1. The van der Waals surface area contributed by atoms with Crippen molar-refractivity contribution in [2.24, 2.45) is 0 Å². The van der Waals surface area contributed by atoms with Gasteiger partial charge in [-0.1, -0.05) is 22.9 Å². The Morgan fingerprint density at radius 3 is 2.70 bits per heavy atom. The SMILES string of the molecule is CCNCc1cc(Br)cc(C)c1OCC(O)COCC. The van der Waals surface area contributed by atoms with Crippen molar-refractivity contribution in [3.05, 3.63) is 27.7 Å². The van der Waals surface area contributed by atoms with E-state index >= 15 is 0 Å². The molecule has 1 aromatic rings. The maximum Gasteiger partial charge on any atom is 0.126 e. The minimum Gasteiger partial charge on any atom is -0.490 e. The molecule has 20 heavy (non-hydrogen) atoms. The van der Waals surface area contributed by atoms with Crippen molar-refractivity contribution in [3.8, 4) is 5.75 Å². The van der Waals surface area contributed by atoms with Crippen molar-refractivity contribution in [2.45, 2.75) is 33.4 Å². The van der Waals surface area contributed by atoms with Crippen molar-refractivity contribution < 1.29 is 14.6 Å². The van der Waals surface area contributed by atoms with Gasteiger partial charge in [0.1, 0.15) is 18.5 Å². The molecule has 0 heterocycles. The fourth-order valence-corrected chi connectivity index (χ4v) is 2.50. The summed E-state index contributed by atoms with van der Waals surface area (Å²) in [6.07, 6.45) is -0.606. The second-order valence-electron chi connectivity index (χ2n) is 4.62. The minimum atomic E-state index is -0.606. The Labute approximate surface area is 129 Å². The zero-order valence-corrected chi connectivity index (χ0v) is 14.0. The van der Waals surface area contributed by atoms with Gasteiger partial charge in [-0.15, -0.1) is 0 Å². The monoisotopic (exact) mass is 345 g/mol. The molecule has 0 aromatic heterocycles. The highest BCUT2D eigenvalue weighted by atomic mass is 79.9. The first-order chi connectivity index (χ1) is 9.58. The van der Waals surface area contributed by atoms with Crippen LogP contribution in [0, 0.1) is 6.92 Å². The molecule has 4 nitrogen and oxygen atoms in total. The Morgan fingerprint density at radius 2 is 2.05 bits per heavy atom. The molecule has 0 amide bonds. The third-order valence-electron chi connectivity index (χ3n) is 2.82. The van der Waals surface area contributed by atoms with Crippen LogP contribution >= 0.6 is 15.9 Å². The Bertz CT molecular complexity index is 412. The quantitative estimate of drug-likeness (QED) is 0.722. The van der Waals surface area contributed by atoms with Gasteiger partial charge in [-0.3, -0.25) is 0 Å². The van der Waals surface area contributed by atoms with Crippen molar-refractivity contribution in [2.75, 3.05) is 26.4 Å². The van der Waals surface area contributed by atoms with Crippen LogP contribution in [0.1, 0.15) is 25.0 Å². The summed E-state index contributed by atoms with van der Waals surface area (Å²) in [5.74, 6) is 0.838. The predicted octanol–water partition coefficient (Wildman–Crippen LogP) is 2.64. The van der Waals surface area contributed by atoms with Crippen molar-refractivity contribution in [1.82, 2.24) is 5.32 Å². The third-order valence-corrected chi connectivity index (χ3v) is 3.27. The first-order valence-electron chi connectivity index (χ1n) is 6.96. The molecule has 1 atom stereocenters. The average molecular weight is 346 g/mol. The fraction of sp³-hybridized carbons (Fsp3) is 0.600. The molecule has 0 bridgehead atoms. The molecule has 0 aliphatic heterocycles. The highest BCUT2D eigenvalue weighted by Crippen LogP contribution is 2.28. The van der Waals surface area contributed by atoms with Crippen LogP contribution in [0.25, 0.3) is 0 Å². The molecule has 0 saturated heterocycles. The zero-order chi connectivity index (χ0) is 15.0. The summed E-state index contributed by atoms with van der Waals surface area (Å²) in [7, 11) is 0. The van der Waals surface area contributed by atoms with E-state index in [0.29, 0.717) is 13.2 Å². The van der Waals surface area contributed by atoms with Crippen molar-refractivity contribution >= 4 is 15.9 Å². The van der Waals surface area contributed by atoms with Gasteiger partial charge in [-0.05, 0) is 38.1 Å². The first-order valence-corrected chi connectivity index (χ1v) is 7.76. The molecule has 1 aromatic carbocycles. The molecular formula is C15H24BrNO3. The van der Waals surface area contributed by atoms with Crippen LogP contribution < -0.4 is 10.1 Å². The summed E-state index contributed by atoms with van der Waals surface area (Å²) >= 11 is 3.50. The summed E-state index contributed by atoms with van der Waals surface area (Å²) < 4.78 is 12.0. The third kappa shape index (κ3) is 5.79. The van der Waals surface area contributed by atoms with Crippen LogP contribution in [0.5, 0.6) is 5.75 Å². The Balaban J connectivity index is 2.71. The summed E-state index contributed by atoms with van der Waals surface area (Å²) in [5.41, 5.74) is 2.14. The molecule has 0 saturated carbocycles. The lowest BCUT2D eigenvalue weighted by Gasteiger charge is -2.17. The number of halogens is 1. The smallest absolute Gasteiger partial charge is 0.126 e. The molecule has 0 aliphatic rings. The van der Waals surface area contributed by atoms with E-state index in [1.807, 2.05) is 26.0 Å². The number of aliphatic hydroxyl groups is 1. The van der Waals surface area contributed by atoms with Crippen LogP contribution in [0.4, 0.5) is 0 Å². The molecule has 1 unspecified atom stereocenters. The Kier molecular flexibility index (Phi) is 8.14. The number of rotatable bonds is 9. The van der Waals surface area contributed by atoms with Gasteiger partial charge in [0.25, 0.3) is 0 Å². The number of hydrogen-bond acceptors (Lipinski definition) is 4. The van der Waals surface area contributed by atoms with E-state index in [1.54, 1.807) is 0 Å². The van der Waals surface area contributed by atoms with E-state index in [-0.39, 0.29) is 6.61 Å². The lowest BCUT2D eigenvalue weighted by Crippen LogP contribution is -2.24. The number of aliphatic hydroxyl groups excluding tert-OH is 1. The van der Waals surface area contributed by atoms with Gasteiger partial charge in [-0.25, -0.2) is 0 Å². The van der Waals surface area contributed by atoms with E-state index in [0.717, 1.165) is 34.4 Å².